The van der Waals surface area contributed by atoms with Crippen LogP contribution in [0.15, 0.2) is 48.8 Å². The molecule has 4 rings (SSSR count). The van der Waals surface area contributed by atoms with Crippen molar-refractivity contribution in [2.45, 2.75) is 19.4 Å². The van der Waals surface area contributed by atoms with Crippen LogP contribution in [0.2, 0.25) is 5.02 Å². The molecule has 0 amide bonds. The van der Waals surface area contributed by atoms with Gasteiger partial charge in [-0.2, -0.15) is 0 Å². The Morgan fingerprint density at radius 3 is 2.75 bits per heavy atom. The summed E-state index contributed by atoms with van der Waals surface area (Å²) in [6, 6.07) is 12.3. The number of ether oxygens (including phenoxy) is 1. The Balaban J connectivity index is 1.83. The number of hydrogen-bond acceptors (Lipinski definition) is 2. The molecule has 5 heteroatoms. The first-order valence-electron chi connectivity index (χ1n) is 7.83. The minimum absolute atomic E-state index is 0.211. The minimum Gasteiger partial charge on any atom is -0.367 e. The van der Waals surface area contributed by atoms with Gasteiger partial charge in [0.15, 0.2) is 0 Å². The Labute approximate surface area is 144 Å². The zero-order valence-corrected chi connectivity index (χ0v) is 13.9. The Hall–Kier alpha value is -2.17. The predicted molar refractivity (Wildman–Crippen MR) is 91.2 cm³/mol. The predicted octanol–water partition coefficient (Wildman–Crippen LogP) is 4.64. The number of rotatable bonds is 2. The average Bonchev–Trinajstić information content (AvgIpc) is 3.02. The highest BCUT2D eigenvalue weighted by molar-refractivity contribution is 6.31. The van der Waals surface area contributed by atoms with Gasteiger partial charge < -0.3 is 4.74 Å². The van der Waals surface area contributed by atoms with Crippen molar-refractivity contribution in [2.24, 2.45) is 0 Å². The van der Waals surface area contributed by atoms with E-state index >= 15 is 0 Å². The largest absolute Gasteiger partial charge is 0.367 e. The lowest BCUT2D eigenvalue weighted by Crippen LogP contribution is -2.20. The molecule has 3 nitrogen and oxygen atoms in total. The van der Waals surface area contributed by atoms with E-state index < -0.39 is 0 Å². The van der Waals surface area contributed by atoms with E-state index in [-0.39, 0.29) is 11.9 Å². The Bertz CT molecular complexity index is 889. The molecule has 0 fully saturated rings. The topological polar surface area (TPSA) is 27.1 Å². The lowest BCUT2D eigenvalue weighted by molar-refractivity contribution is 0.0649. The number of hydrogen-bond donors (Lipinski definition) is 0. The van der Waals surface area contributed by atoms with E-state index in [0.717, 1.165) is 39.6 Å². The summed E-state index contributed by atoms with van der Waals surface area (Å²) in [7, 11) is 0. The number of aryl methyl sites for hydroxylation is 1. The van der Waals surface area contributed by atoms with Crippen molar-refractivity contribution in [3.8, 4) is 5.69 Å². The molecule has 2 aromatic carbocycles. The van der Waals surface area contributed by atoms with Crippen molar-refractivity contribution in [3.63, 3.8) is 0 Å². The fraction of sp³-hybridized carbons (Fsp3) is 0.211. The second-order valence-corrected chi connectivity index (χ2v) is 6.34. The Morgan fingerprint density at radius 1 is 1.21 bits per heavy atom. The summed E-state index contributed by atoms with van der Waals surface area (Å²) in [6.45, 7) is 2.60. The molecule has 1 atom stereocenters. The molecule has 1 aromatic heterocycles. The SMILES string of the molecule is Cc1cc(C2OCCc3ncn(-c4ccc(F)cc4)c32)ccc1Cl. The van der Waals surface area contributed by atoms with E-state index in [2.05, 4.69) is 4.98 Å². The maximum atomic E-state index is 13.2. The van der Waals surface area contributed by atoms with Crippen LogP contribution in [0.25, 0.3) is 5.69 Å². The molecule has 2 heterocycles. The zero-order chi connectivity index (χ0) is 16.7. The highest BCUT2D eigenvalue weighted by atomic mass is 35.5. The molecule has 0 saturated carbocycles. The van der Waals surface area contributed by atoms with Gasteiger partial charge in [0.05, 0.1) is 24.3 Å². The molecule has 0 saturated heterocycles. The molecule has 0 bridgehead atoms. The zero-order valence-electron chi connectivity index (χ0n) is 13.2. The van der Waals surface area contributed by atoms with Crippen molar-refractivity contribution < 1.29 is 9.13 Å². The standard InChI is InChI=1S/C19H16ClFN2O/c1-12-10-13(2-7-16(12)20)19-18-17(8-9-24-19)22-11-23(18)15-5-3-14(21)4-6-15/h2-7,10-11,19H,8-9H2,1H3. The van der Waals surface area contributed by atoms with Crippen molar-refractivity contribution >= 4 is 11.6 Å². The first-order valence-corrected chi connectivity index (χ1v) is 8.21. The molecule has 0 N–H and O–H groups in total. The summed E-state index contributed by atoms with van der Waals surface area (Å²) in [5, 5.41) is 0.738. The van der Waals surface area contributed by atoms with Crippen LogP contribution >= 0.6 is 11.6 Å². The quantitative estimate of drug-likeness (QED) is 0.678. The molecule has 1 aliphatic heterocycles. The molecular weight excluding hydrogens is 327 g/mol. The first kappa shape index (κ1) is 15.4. The van der Waals surface area contributed by atoms with Crippen LogP contribution in [0.4, 0.5) is 4.39 Å². The van der Waals surface area contributed by atoms with Crippen LogP contribution in [0.1, 0.15) is 28.6 Å². The number of fused-ring (bicyclic) bond motifs is 1. The van der Waals surface area contributed by atoms with Gasteiger partial charge in [-0.05, 0) is 48.4 Å². The molecule has 0 aliphatic carbocycles. The van der Waals surface area contributed by atoms with E-state index in [4.69, 9.17) is 16.3 Å². The van der Waals surface area contributed by atoms with Gasteiger partial charge >= 0.3 is 0 Å². The Kier molecular flexibility index (Phi) is 3.87. The van der Waals surface area contributed by atoms with Gasteiger partial charge in [0.2, 0.25) is 0 Å². The third kappa shape index (κ3) is 2.62. The summed E-state index contributed by atoms with van der Waals surface area (Å²) >= 11 is 6.15. The first-order chi connectivity index (χ1) is 11.6. The molecule has 3 aromatic rings. The van der Waals surface area contributed by atoms with Crippen molar-refractivity contribution in [3.05, 3.63) is 82.1 Å². The summed E-state index contributed by atoms with van der Waals surface area (Å²) in [6.07, 6.45) is 2.34. The van der Waals surface area contributed by atoms with Gasteiger partial charge in [-0.15, -0.1) is 0 Å². The molecule has 1 aliphatic rings. The van der Waals surface area contributed by atoms with Gasteiger partial charge in [0, 0.05) is 17.1 Å². The third-order valence-corrected chi connectivity index (χ3v) is 4.77. The van der Waals surface area contributed by atoms with Gasteiger partial charge in [-0.1, -0.05) is 23.7 Å². The average molecular weight is 343 g/mol. The lowest BCUT2D eigenvalue weighted by atomic mass is 9.99. The van der Waals surface area contributed by atoms with Crippen molar-refractivity contribution in [1.29, 1.82) is 0 Å². The summed E-state index contributed by atoms with van der Waals surface area (Å²) < 4.78 is 21.3. The highest BCUT2D eigenvalue weighted by Gasteiger charge is 2.28. The molecule has 0 spiro atoms. The lowest BCUT2D eigenvalue weighted by Gasteiger charge is -2.25. The van der Waals surface area contributed by atoms with E-state index in [0.29, 0.717) is 6.61 Å². The monoisotopic (exact) mass is 342 g/mol. The molecular formula is C19H16ClFN2O. The summed E-state index contributed by atoms with van der Waals surface area (Å²) in [4.78, 5) is 4.53. The number of aromatic nitrogens is 2. The molecule has 122 valence electrons. The fourth-order valence-corrected chi connectivity index (χ4v) is 3.23. The van der Waals surface area contributed by atoms with E-state index in [9.17, 15) is 4.39 Å². The van der Waals surface area contributed by atoms with Gasteiger partial charge in [0.1, 0.15) is 11.9 Å². The second kappa shape index (κ2) is 6.04. The second-order valence-electron chi connectivity index (χ2n) is 5.93. The van der Waals surface area contributed by atoms with E-state index in [1.807, 2.05) is 29.7 Å². The van der Waals surface area contributed by atoms with Crippen LogP contribution in [0.5, 0.6) is 0 Å². The Morgan fingerprint density at radius 2 is 2.00 bits per heavy atom. The number of benzene rings is 2. The normalized spacial score (nSPS) is 16.9. The van der Waals surface area contributed by atoms with Crippen LogP contribution in [-0.2, 0) is 11.2 Å². The van der Waals surface area contributed by atoms with E-state index in [1.54, 1.807) is 18.5 Å². The minimum atomic E-state index is -0.256. The van der Waals surface area contributed by atoms with Gasteiger partial charge in [-0.25, -0.2) is 9.37 Å². The number of imidazole rings is 1. The number of nitrogens with zero attached hydrogens (tertiary/aromatic N) is 2. The van der Waals surface area contributed by atoms with Crippen molar-refractivity contribution in [2.75, 3.05) is 6.61 Å². The third-order valence-electron chi connectivity index (χ3n) is 4.35. The van der Waals surface area contributed by atoms with Gasteiger partial charge in [-0.3, -0.25) is 4.57 Å². The number of halogens is 2. The molecule has 1 unspecified atom stereocenters. The molecule has 0 radical (unpaired) electrons. The summed E-state index contributed by atoms with van der Waals surface area (Å²) in [5.41, 5.74) is 4.93. The maximum absolute atomic E-state index is 13.2. The highest BCUT2D eigenvalue weighted by Crippen LogP contribution is 2.35. The summed E-state index contributed by atoms with van der Waals surface area (Å²) in [5.74, 6) is -0.256. The van der Waals surface area contributed by atoms with Gasteiger partial charge in [0.25, 0.3) is 0 Å². The maximum Gasteiger partial charge on any atom is 0.125 e. The molecule has 24 heavy (non-hydrogen) atoms. The smallest absolute Gasteiger partial charge is 0.125 e. The van der Waals surface area contributed by atoms with E-state index in [1.165, 1.54) is 12.1 Å². The van der Waals surface area contributed by atoms with Crippen LogP contribution in [0, 0.1) is 12.7 Å². The van der Waals surface area contributed by atoms with Crippen LogP contribution < -0.4 is 0 Å². The fourth-order valence-electron chi connectivity index (χ4n) is 3.11. The van der Waals surface area contributed by atoms with Crippen molar-refractivity contribution in [1.82, 2.24) is 9.55 Å². The van der Waals surface area contributed by atoms with Crippen LogP contribution in [-0.4, -0.2) is 16.2 Å². The van der Waals surface area contributed by atoms with Crippen LogP contribution in [0.3, 0.4) is 0 Å².